The third-order valence-electron chi connectivity index (χ3n) is 2.94. The molecule has 0 aliphatic heterocycles. The average molecular weight is 294 g/mol. The minimum absolute atomic E-state index is 0.589. The van der Waals surface area contributed by atoms with Crippen LogP contribution in [0.2, 0.25) is 10.0 Å². The van der Waals surface area contributed by atoms with Crippen molar-refractivity contribution in [1.82, 2.24) is 5.32 Å². The van der Waals surface area contributed by atoms with Crippen molar-refractivity contribution in [3.8, 4) is 11.1 Å². The molecule has 2 rings (SSSR count). The fraction of sp³-hybridized carbons (Fsp3) is 0.250. The van der Waals surface area contributed by atoms with Gasteiger partial charge in [-0.3, -0.25) is 0 Å². The van der Waals surface area contributed by atoms with Gasteiger partial charge in [-0.05, 0) is 47.9 Å². The van der Waals surface area contributed by atoms with Crippen LogP contribution in [0.5, 0.6) is 0 Å². The molecule has 0 radical (unpaired) electrons. The first-order valence-electron chi connectivity index (χ1n) is 6.46. The average Bonchev–Trinajstić information content (AvgIpc) is 2.43. The zero-order valence-electron chi connectivity index (χ0n) is 10.9. The van der Waals surface area contributed by atoms with Crippen LogP contribution in [0.1, 0.15) is 18.9 Å². The van der Waals surface area contributed by atoms with Gasteiger partial charge < -0.3 is 5.32 Å². The highest BCUT2D eigenvalue weighted by Gasteiger charge is 2.03. The van der Waals surface area contributed by atoms with E-state index in [0.717, 1.165) is 30.6 Å². The summed E-state index contributed by atoms with van der Waals surface area (Å²) in [5.74, 6) is 0. The molecule has 2 aromatic carbocycles. The summed E-state index contributed by atoms with van der Waals surface area (Å²) in [6.45, 7) is 4.10. The first-order chi connectivity index (χ1) is 9.20. The number of hydrogen-bond acceptors (Lipinski definition) is 1. The van der Waals surface area contributed by atoms with E-state index in [4.69, 9.17) is 23.2 Å². The molecular formula is C16H17Cl2N. The highest BCUT2D eigenvalue weighted by Crippen LogP contribution is 2.28. The Morgan fingerprint density at radius 3 is 2.47 bits per heavy atom. The molecule has 100 valence electrons. The van der Waals surface area contributed by atoms with Crippen LogP contribution in [0.15, 0.2) is 42.5 Å². The van der Waals surface area contributed by atoms with Gasteiger partial charge in [0.1, 0.15) is 0 Å². The summed E-state index contributed by atoms with van der Waals surface area (Å²) in [5.41, 5.74) is 3.53. The molecule has 0 atom stereocenters. The van der Waals surface area contributed by atoms with Crippen molar-refractivity contribution in [2.45, 2.75) is 19.9 Å². The van der Waals surface area contributed by atoms with Crippen molar-refractivity contribution in [2.75, 3.05) is 6.54 Å². The molecular weight excluding hydrogens is 277 g/mol. The molecule has 0 aliphatic rings. The molecule has 0 bridgehead atoms. The molecule has 0 aliphatic carbocycles. The van der Waals surface area contributed by atoms with Crippen LogP contribution in [0, 0.1) is 0 Å². The van der Waals surface area contributed by atoms with Crippen LogP contribution in [0.4, 0.5) is 0 Å². The Morgan fingerprint density at radius 2 is 1.74 bits per heavy atom. The van der Waals surface area contributed by atoms with Crippen molar-refractivity contribution in [3.05, 3.63) is 58.1 Å². The third kappa shape index (κ3) is 3.97. The molecule has 0 saturated heterocycles. The van der Waals surface area contributed by atoms with E-state index in [1.807, 2.05) is 18.2 Å². The van der Waals surface area contributed by atoms with E-state index in [0.29, 0.717) is 10.0 Å². The summed E-state index contributed by atoms with van der Waals surface area (Å²) >= 11 is 12.0. The molecule has 0 aromatic heterocycles. The zero-order valence-corrected chi connectivity index (χ0v) is 12.4. The van der Waals surface area contributed by atoms with Gasteiger partial charge in [0, 0.05) is 6.54 Å². The third-order valence-corrected chi connectivity index (χ3v) is 3.67. The maximum Gasteiger partial charge on any atom is 0.0598 e. The molecule has 1 N–H and O–H groups in total. The normalized spacial score (nSPS) is 10.7. The fourth-order valence-electron chi connectivity index (χ4n) is 1.95. The van der Waals surface area contributed by atoms with Crippen molar-refractivity contribution >= 4 is 23.2 Å². The van der Waals surface area contributed by atoms with Crippen molar-refractivity contribution in [2.24, 2.45) is 0 Å². The molecule has 1 nitrogen and oxygen atoms in total. The molecule has 0 spiro atoms. The topological polar surface area (TPSA) is 12.0 Å². The summed E-state index contributed by atoms with van der Waals surface area (Å²) in [5, 5.41) is 4.58. The Labute approximate surface area is 124 Å². The van der Waals surface area contributed by atoms with E-state index >= 15 is 0 Å². The van der Waals surface area contributed by atoms with E-state index in [1.165, 1.54) is 5.56 Å². The molecule has 19 heavy (non-hydrogen) atoms. The molecule has 0 heterocycles. The second-order valence-corrected chi connectivity index (χ2v) is 5.32. The SMILES string of the molecule is CCCNCc1cccc(-c2ccc(Cl)c(Cl)c2)c1. The zero-order chi connectivity index (χ0) is 13.7. The predicted molar refractivity (Wildman–Crippen MR) is 83.9 cm³/mol. The van der Waals surface area contributed by atoms with E-state index < -0.39 is 0 Å². The smallest absolute Gasteiger partial charge is 0.0598 e. The van der Waals surface area contributed by atoms with Crippen LogP contribution in [0.3, 0.4) is 0 Å². The minimum atomic E-state index is 0.589. The van der Waals surface area contributed by atoms with Gasteiger partial charge in [-0.2, -0.15) is 0 Å². The molecule has 2 aromatic rings. The largest absolute Gasteiger partial charge is 0.313 e. The lowest BCUT2D eigenvalue weighted by Gasteiger charge is -2.07. The van der Waals surface area contributed by atoms with Crippen LogP contribution in [-0.2, 0) is 6.54 Å². The van der Waals surface area contributed by atoms with Gasteiger partial charge >= 0.3 is 0 Å². The highest BCUT2D eigenvalue weighted by molar-refractivity contribution is 6.42. The first-order valence-corrected chi connectivity index (χ1v) is 7.21. The summed E-state index contributed by atoms with van der Waals surface area (Å²) in [7, 11) is 0. The Hall–Kier alpha value is -1.02. The standard InChI is InChI=1S/C16H17Cl2N/c1-2-8-19-11-12-4-3-5-13(9-12)14-6-7-15(17)16(18)10-14/h3-7,9-10,19H,2,8,11H2,1H3. The number of halogens is 2. The van der Waals surface area contributed by atoms with Crippen LogP contribution in [0.25, 0.3) is 11.1 Å². The van der Waals surface area contributed by atoms with Gasteiger partial charge in [0.15, 0.2) is 0 Å². The van der Waals surface area contributed by atoms with Gasteiger partial charge in [0.2, 0.25) is 0 Å². The molecule has 3 heteroatoms. The maximum atomic E-state index is 6.06. The second-order valence-electron chi connectivity index (χ2n) is 4.51. The number of rotatable bonds is 5. The first kappa shape index (κ1) is 14.4. The summed E-state index contributed by atoms with van der Waals surface area (Å²) in [6, 6.07) is 14.2. The Kier molecular flexibility index (Phi) is 5.26. The fourth-order valence-corrected chi connectivity index (χ4v) is 2.24. The van der Waals surface area contributed by atoms with Crippen LogP contribution >= 0.6 is 23.2 Å². The monoisotopic (exact) mass is 293 g/mol. The summed E-state index contributed by atoms with van der Waals surface area (Å²) in [6.07, 6.45) is 1.15. The van der Waals surface area contributed by atoms with Crippen molar-refractivity contribution in [1.29, 1.82) is 0 Å². The van der Waals surface area contributed by atoms with Gasteiger partial charge in [0.05, 0.1) is 10.0 Å². The van der Waals surface area contributed by atoms with Crippen LogP contribution in [-0.4, -0.2) is 6.54 Å². The Morgan fingerprint density at radius 1 is 0.947 bits per heavy atom. The lowest BCUT2D eigenvalue weighted by molar-refractivity contribution is 0.675. The quantitative estimate of drug-likeness (QED) is 0.751. The van der Waals surface area contributed by atoms with Crippen LogP contribution < -0.4 is 5.32 Å². The lowest BCUT2D eigenvalue weighted by atomic mass is 10.0. The van der Waals surface area contributed by atoms with Crippen molar-refractivity contribution in [3.63, 3.8) is 0 Å². The van der Waals surface area contributed by atoms with Crippen molar-refractivity contribution < 1.29 is 0 Å². The van der Waals surface area contributed by atoms with E-state index in [1.54, 1.807) is 0 Å². The van der Waals surface area contributed by atoms with Gasteiger partial charge in [0.25, 0.3) is 0 Å². The molecule has 0 amide bonds. The Bertz CT molecular complexity index is 552. The van der Waals surface area contributed by atoms with Gasteiger partial charge in [-0.1, -0.05) is 54.4 Å². The number of hydrogen-bond donors (Lipinski definition) is 1. The van der Waals surface area contributed by atoms with Gasteiger partial charge in [-0.25, -0.2) is 0 Å². The van der Waals surface area contributed by atoms with Gasteiger partial charge in [-0.15, -0.1) is 0 Å². The maximum absolute atomic E-state index is 6.06. The molecule has 0 saturated carbocycles. The second kappa shape index (κ2) is 6.95. The summed E-state index contributed by atoms with van der Waals surface area (Å²) in [4.78, 5) is 0. The minimum Gasteiger partial charge on any atom is -0.313 e. The Balaban J connectivity index is 2.19. The number of nitrogens with one attached hydrogen (secondary N) is 1. The molecule has 0 unspecified atom stereocenters. The predicted octanol–water partition coefficient (Wildman–Crippen LogP) is 5.16. The van der Waals surface area contributed by atoms with E-state index in [9.17, 15) is 0 Å². The highest BCUT2D eigenvalue weighted by atomic mass is 35.5. The summed E-state index contributed by atoms with van der Waals surface area (Å²) < 4.78 is 0. The lowest BCUT2D eigenvalue weighted by Crippen LogP contribution is -2.13. The molecule has 0 fully saturated rings. The number of benzene rings is 2. The van der Waals surface area contributed by atoms with E-state index in [-0.39, 0.29) is 0 Å². The van der Waals surface area contributed by atoms with E-state index in [2.05, 4.69) is 36.5 Å².